The molecule has 0 unspecified atom stereocenters. The molecule has 0 aliphatic heterocycles. The molecule has 0 bridgehead atoms. The van der Waals surface area contributed by atoms with E-state index in [-0.39, 0.29) is 0 Å². The van der Waals surface area contributed by atoms with Gasteiger partial charge in [-0.3, -0.25) is 0 Å². The lowest BCUT2D eigenvalue weighted by atomic mass is 10.0. The van der Waals surface area contributed by atoms with Crippen LogP contribution < -0.4 is 16.4 Å². The van der Waals surface area contributed by atoms with Crippen LogP contribution in [-0.2, 0) is 6.42 Å². The maximum Gasteiger partial charge on any atom is 0.0367 e. The predicted molar refractivity (Wildman–Crippen MR) is 90.7 cm³/mol. The summed E-state index contributed by atoms with van der Waals surface area (Å²) in [6.45, 7) is 5.08. The number of rotatable bonds is 7. The highest BCUT2D eigenvalue weighted by atomic mass is 15.1. The molecule has 0 heterocycles. The minimum absolute atomic E-state index is 0.644. The molecule has 2 aromatic rings. The summed E-state index contributed by atoms with van der Waals surface area (Å²) >= 11 is 0. The Morgan fingerprint density at radius 2 is 1.24 bits per heavy atom. The number of aryl methyl sites for hydroxylation is 1. The fraction of sp³-hybridized carbons (Fsp3) is 0.333. The van der Waals surface area contributed by atoms with Crippen LogP contribution in [0.5, 0.6) is 0 Å². The molecule has 0 saturated heterocycles. The van der Waals surface area contributed by atoms with Gasteiger partial charge in [0.25, 0.3) is 0 Å². The van der Waals surface area contributed by atoms with Crippen molar-refractivity contribution in [3.05, 3.63) is 65.2 Å². The van der Waals surface area contributed by atoms with Gasteiger partial charge in [-0.15, -0.1) is 0 Å². The molecule has 2 aromatic carbocycles. The SMILES string of the molecule is Cc1ccc(Cc2ccc(N(CCN)CCN)cc2)cc1. The van der Waals surface area contributed by atoms with Crippen molar-refractivity contribution in [1.29, 1.82) is 0 Å². The van der Waals surface area contributed by atoms with Crippen LogP contribution in [0.1, 0.15) is 16.7 Å². The van der Waals surface area contributed by atoms with Gasteiger partial charge in [0.05, 0.1) is 0 Å². The molecule has 21 heavy (non-hydrogen) atoms. The molecule has 4 N–H and O–H groups in total. The Bertz CT molecular complexity index is 525. The maximum absolute atomic E-state index is 5.66. The van der Waals surface area contributed by atoms with Gasteiger partial charge in [0, 0.05) is 31.9 Å². The second kappa shape index (κ2) is 7.81. The van der Waals surface area contributed by atoms with E-state index in [9.17, 15) is 0 Å². The summed E-state index contributed by atoms with van der Waals surface area (Å²) in [5, 5.41) is 0. The van der Waals surface area contributed by atoms with E-state index in [1.54, 1.807) is 0 Å². The highest BCUT2D eigenvalue weighted by Crippen LogP contribution is 2.17. The highest BCUT2D eigenvalue weighted by molar-refractivity contribution is 5.48. The van der Waals surface area contributed by atoms with Crippen LogP contribution in [0, 0.1) is 6.92 Å². The smallest absolute Gasteiger partial charge is 0.0367 e. The monoisotopic (exact) mass is 283 g/mol. The second-order valence-electron chi connectivity index (χ2n) is 5.39. The molecule has 112 valence electrons. The summed E-state index contributed by atoms with van der Waals surface area (Å²) in [6, 6.07) is 17.4. The Labute approximate surface area is 127 Å². The van der Waals surface area contributed by atoms with E-state index in [0.717, 1.165) is 19.5 Å². The van der Waals surface area contributed by atoms with Crippen molar-refractivity contribution in [1.82, 2.24) is 0 Å². The van der Waals surface area contributed by atoms with Gasteiger partial charge in [0.1, 0.15) is 0 Å². The summed E-state index contributed by atoms with van der Waals surface area (Å²) in [5.74, 6) is 0. The number of nitrogens with zero attached hydrogens (tertiary/aromatic N) is 1. The first-order chi connectivity index (χ1) is 10.2. The van der Waals surface area contributed by atoms with Crippen molar-refractivity contribution in [2.45, 2.75) is 13.3 Å². The van der Waals surface area contributed by atoms with E-state index in [1.807, 2.05) is 0 Å². The van der Waals surface area contributed by atoms with E-state index in [2.05, 4.69) is 60.4 Å². The van der Waals surface area contributed by atoms with Crippen molar-refractivity contribution >= 4 is 5.69 Å². The van der Waals surface area contributed by atoms with Gasteiger partial charge in [-0.1, -0.05) is 42.0 Å². The Hall–Kier alpha value is -1.84. The van der Waals surface area contributed by atoms with Gasteiger partial charge in [-0.05, 0) is 36.6 Å². The summed E-state index contributed by atoms with van der Waals surface area (Å²) in [7, 11) is 0. The third-order valence-corrected chi connectivity index (χ3v) is 3.63. The predicted octanol–water partition coefficient (Wildman–Crippen LogP) is 2.31. The highest BCUT2D eigenvalue weighted by Gasteiger charge is 2.04. The molecule has 0 radical (unpaired) electrons. The lowest BCUT2D eigenvalue weighted by Gasteiger charge is -2.23. The average molecular weight is 283 g/mol. The Morgan fingerprint density at radius 3 is 1.71 bits per heavy atom. The van der Waals surface area contributed by atoms with Crippen LogP contribution in [-0.4, -0.2) is 26.2 Å². The maximum atomic E-state index is 5.66. The summed E-state index contributed by atoms with van der Waals surface area (Å²) in [5.41, 5.74) is 16.5. The third kappa shape index (κ3) is 4.59. The molecular formula is C18H25N3. The fourth-order valence-electron chi connectivity index (χ4n) is 2.45. The van der Waals surface area contributed by atoms with Crippen LogP contribution in [0.2, 0.25) is 0 Å². The Balaban J connectivity index is 2.05. The number of nitrogens with two attached hydrogens (primary N) is 2. The van der Waals surface area contributed by atoms with Crippen LogP contribution in [0.15, 0.2) is 48.5 Å². The van der Waals surface area contributed by atoms with Crippen molar-refractivity contribution in [3.8, 4) is 0 Å². The Morgan fingerprint density at radius 1 is 0.762 bits per heavy atom. The van der Waals surface area contributed by atoms with Crippen LogP contribution >= 0.6 is 0 Å². The summed E-state index contributed by atoms with van der Waals surface area (Å²) in [4.78, 5) is 2.23. The molecule has 3 heteroatoms. The topological polar surface area (TPSA) is 55.3 Å². The van der Waals surface area contributed by atoms with E-state index >= 15 is 0 Å². The molecule has 0 aliphatic carbocycles. The van der Waals surface area contributed by atoms with E-state index in [4.69, 9.17) is 11.5 Å². The molecule has 0 saturated carbocycles. The van der Waals surface area contributed by atoms with Gasteiger partial charge >= 0.3 is 0 Å². The zero-order valence-electron chi connectivity index (χ0n) is 12.8. The zero-order valence-corrected chi connectivity index (χ0v) is 12.8. The van der Waals surface area contributed by atoms with Crippen molar-refractivity contribution in [3.63, 3.8) is 0 Å². The first-order valence-electron chi connectivity index (χ1n) is 7.52. The molecule has 0 fully saturated rings. The molecule has 0 atom stereocenters. The molecule has 2 rings (SSSR count). The lowest BCUT2D eigenvalue weighted by molar-refractivity contribution is 0.782. The van der Waals surface area contributed by atoms with Crippen LogP contribution in [0.25, 0.3) is 0 Å². The second-order valence-corrected chi connectivity index (χ2v) is 5.39. The number of anilines is 1. The molecule has 3 nitrogen and oxygen atoms in total. The van der Waals surface area contributed by atoms with Gasteiger partial charge < -0.3 is 16.4 Å². The van der Waals surface area contributed by atoms with E-state index in [0.29, 0.717) is 13.1 Å². The normalized spacial score (nSPS) is 10.6. The van der Waals surface area contributed by atoms with Crippen molar-refractivity contribution < 1.29 is 0 Å². The minimum Gasteiger partial charge on any atom is -0.369 e. The largest absolute Gasteiger partial charge is 0.369 e. The standard InChI is InChI=1S/C18H25N3/c1-15-2-4-16(5-3-15)14-17-6-8-18(9-7-17)21(12-10-19)13-11-20/h2-9H,10-14,19-20H2,1H3. The van der Waals surface area contributed by atoms with Gasteiger partial charge in [0.15, 0.2) is 0 Å². The van der Waals surface area contributed by atoms with Crippen molar-refractivity contribution in [2.24, 2.45) is 11.5 Å². The molecule has 0 amide bonds. The first-order valence-corrected chi connectivity index (χ1v) is 7.52. The molecule has 0 aliphatic rings. The minimum atomic E-state index is 0.644. The summed E-state index contributed by atoms with van der Waals surface area (Å²) < 4.78 is 0. The van der Waals surface area contributed by atoms with Crippen LogP contribution in [0.3, 0.4) is 0 Å². The number of hydrogen-bond acceptors (Lipinski definition) is 3. The number of benzene rings is 2. The zero-order chi connectivity index (χ0) is 15.1. The summed E-state index contributed by atoms with van der Waals surface area (Å²) in [6.07, 6.45) is 0.967. The Kier molecular flexibility index (Phi) is 5.78. The number of hydrogen-bond donors (Lipinski definition) is 2. The lowest BCUT2D eigenvalue weighted by Crippen LogP contribution is -2.33. The van der Waals surface area contributed by atoms with Gasteiger partial charge in [0.2, 0.25) is 0 Å². The van der Waals surface area contributed by atoms with Gasteiger partial charge in [-0.25, -0.2) is 0 Å². The molecular weight excluding hydrogens is 258 g/mol. The van der Waals surface area contributed by atoms with Gasteiger partial charge in [-0.2, -0.15) is 0 Å². The first kappa shape index (κ1) is 15.5. The quantitative estimate of drug-likeness (QED) is 0.820. The third-order valence-electron chi connectivity index (χ3n) is 3.63. The van der Waals surface area contributed by atoms with E-state index in [1.165, 1.54) is 22.4 Å². The molecule has 0 spiro atoms. The fourth-order valence-corrected chi connectivity index (χ4v) is 2.45. The average Bonchev–Trinajstić information content (AvgIpc) is 2.50. The molecule has 0 aromatic heterocycles. The van der Waals surface area contributed by atoms with Crippen LogP contribution in [0.4, 0.5) is 5.69 Å². The van der Waals surface area contributed by atoms with Crippen molar-refractivity contribution in [2.75, 3.05) is 31.1 Å². The van der Waals surface area contributed by atoms with E-state index < -0.39 is 0 Å².